The molecule has 1 rings (SSSR count). The SMILES string of the molecule is CCCN(CCC(NC)c1ccccc1)CC(F)(F)F. The van der Waals surface area contributed by atoms with Gasteiger partial charge in [0.1, 0.15) is 0 Å². The second-order valence-corrected chi connectivity index (χ2v) is 4.93. The van der Waals surface area contributed by atoms with Crippen molar-refractivity contribution in [2.75, 3.05) is 26.7 Å². The van der Waals surface area contributed by atoms with Crippen molar-refractivity contribution >= 4 is 0 Å². The topological polar surface area (TPSA) is 15.3 Å². The summed E-state index contributed by atoms with van der Waals surface area (Å²) in [5.74, 6) is 0. The van der Waals surface area contributed by atoms with Crippen molar-refractivity contribution in [3.8, 4) is 0 Å². The normalized spacial score (nSPS) is 13.7. The van der Waals surface area contributed by atoms with E-state index >= 15 is 0 Å². The van der Waals surface area contributed by atoms with Crippen LogP contribution in [0.5, 0.6) is 0 Å². The van der Waals surface area contributed by atoms with E-state index in [0.717, 1.165) is 12.0 Å². The first kappa shape index (κ1) is 17.0. The van der Waals surface area contributed by atoms with Crippen molar-refractivity contribution in [1.29, 1.82) is 0 Å². The summed E-state index contributed by atoms with van der Waals surface area (Å²) in [6.45, 7) is 1.99. The van der Waals surface area contributed by atoms with Crippen molar-refractivity contribution in [2.45, 2.75) is 32.0 Å². The minimum atomic E-state index is -4.13. The Kier molecular flexibility index (Phi) is 7.02. The second kappa shape index (κ2) is 8.27. The van der Waals surface area contributed by atoms with Crippen LogP contribution in [-0.4, -0.2) is 37.8 Å². The van der Waals surface area contributed by atoms with E-state index in [1.54, 1.807) is 0 Å². The minimum Gasteiger partial charge on any atom is -0.313 e. The Bertz CT molecular complexity index is 365. The Balaban J connectivity index is 2.56. The van der Waals surface area contributed by atoms with Gasteiger partial charge in [-0.2, -0.15) is 13.2 Å². The molecular formula is C15H23F3N2. The Morgan fingerprint density at radius 2 is 1.80 bits per heavy atom. The van der Waals surface area contributed by atoms with Gasteiger partial charge < -0.3 is 5.32 Å². The molecule has 1 N–H and O–H groups in total. The first-order chi connectivity index (χ1) is 9.46. The number of hydrogen-bond donors (Lipinski definition) is 1. The molecule has 0 heterocycles. The van der Waals surface area contributed by atoms with E-state index in [9.17, 15) is 13.2 Å². The molecular weight excluding hydrogens is 265 g/mol. The molecule has 0 aromatic heterocycles. The van der Waals surface area contributed by atoms with Crippen molar-refractivity contribution in [3.05, 3.63) is 35.9 Å². The van der Waals surface area contributed by atoms with Gasteiger partial charge in [0.05, 0.1) is 6.54 Å². The fourth-order valence-corrected chi connectivity index (χ4v) is 2.31. The summed E-state index contributed by atoms with van der Waals surface area (Å²) in [5.41, 5.74) is 1.11. The van der Waals surface area contributed by atoms with Crippen molar-refractivity contribution in [3.63, 3.8) is 0 Å². The summed E-state index contributed by atoms with van der Waals surface area (Å²) in [6.07, 6.45) is -2.74. The highest BCUT2D eigenvalue weighted by Gasteiger charge is 2.30. The lowest BCUT2D eigenvalue weighted by Crippen LogP contribution is -2.36. The molecule has 1 unspecified atom stereocenters. The highest BCUT2D eigenvalue weighted by Crippen LogP contribution is 2.20. The smallest absolute Gasteiger partial charge is 0.313 e. The van der Waals surface area contributed by atoms with Gasteiger partial charge in [-0.1, -0.05) is 37.3 Å². The van der Waals surface area contributed by atoms with Crippen LogP contribution in [-0.2, 0) is 0 Å². The van der Waals surface area contributed by atoms with Crippen LogP contribution in [0, 0.1) is 0 Å². The molecule has 2 nitrogen and oxygen atoms in total. The fourth-order valence-electron chi connectivity index (χ4n) is 2.31. The van der Waals surface area contributed by atoms with Crippen LogP contribution < -0.4 is 5.32 Å². The third-order valence-electron chi connectivity index (χ3n) is 3.23. The molecule has 0 aliphatic heterocycles. The molecule has 0 amide bonds. The zero-order valence-corrected chi connectivity index (χ0v) is 12.1. The fraction of sp³-hybridized carbons (Fsp3) is 0.600. The average Bonchev–Trinajstić information content (AvgIpc) is 2.39. The molecule has 0 spiro atoms. The van der Waals surface area contributed by atoms with Gasteiger partial charge in [-0.3, -0.25) is 4.90 Å². The summed E-state index contributed by atoms with van der Waals surface area (Å²) in [5, 5.41) is 3.17. The van der Waals surface area contributed by atoms with Crippen LogP contribution in [0.2, 0.25) is 0 Å². The number of hydrogen-bond acceptors (Lipinski definition) is 2. The van der Waals surface area contributed by atoms with E-state index in [0.29, 0.717) is 19.5 Å². The largest absolute Gasteiger partial charge is 0.401 e. The molecule has 114 valence electrons. The summed E-state index contributed by atoms with van der Waals surface area (Å²) in [4.78, 5) is 1.48. The molecule has 0 bridgehead atoms. The van der Waals surface area contributed by atoms with E-state index < -0.39 is 12.7 Å². The van der Waals surface area contributed by atoms with Crippen LogP contribution in [0.3, 0.4) is 0 Å². The number of nitrogens with one attached hydrogen (secondary N) is 1. The van der Waals surface area contributed by atoms with Crippen LogP contribution in [0.1, 0.15) is 31.4 Å². The van der Waals surface area contributed by atoms with Crippen molar-refractivity contribution in [2.24, 2.45) is 0 Å². The Morgan fingerprint density at radius 3 is 2.30 bits per heavy atom. The quantitative estimate of drug-likeness (QED) is 0.786. The maximum atomic E-state index is 12.5. The molecule has 1 aromatic rings. The Hall–Kier alpha value is -1.07. The third-order valence-corrected chi connectivity index (χ3v) is 3.23. The van der Waals surface area contributed by atoms with Crippen LogP contribution in [0.4, 0.5) is 13.2 Å². The highest BCUT2D eigenvalue weighted by molar-refractivity contribution is 5.18. The molecule has 0 saturated heterocycles. The van der Waals surface area contributed by atoms with E-state index in [-0.39, 0.29) is 6.04 Å². The van der Waals surface area contributed by atoms with Gasteiger partial charge in [0, 0.05) is 12.6 Å². The highest BCUT2D eigenvalue weighted by atomic mass is 19.4. The summed E-state index contributed by atoms with van der Waals surface area (Å²) in [7, 11) is 1.84. The second-order valence-electron chi connectivity index (χ2n) is 4.93. The Morgan fingerprint density at radius 1 is 1.15 bits per heavy atom. The predicted molar refractivity (Wildman–Crippen MR) is 75.6 cm³/mol. The molecule has 20 heavy (non-hydrogen) atoms. The molecule has 0 aliphatic rings. The van der Waals surface area contributed by atoms with E-state index in [4.69, 9.17) is 0 Å². The lowest BCUT2D eigenvalue weighted by molar-refractivity contribution is -0.146. The molecule has 1 atom stereocenters. The average molecular weight is 288 g/mol. The third kappa shape index (κ3) is 6.39. The zero-order chi connectivity index (χ0) is 15.0. The number of nitrogens with zero attached hydrogens (tertiary/aromatic N) is 1. The van der Waals surface area contributed by atoms with E-state index in [1.165, 1.54) is 4.90 Å². The van der Waals surface area contributed by atoms with Gasteiger partial charge in [-0.15, -0.1) is 0 Å². The number of rotatable bonds is 8. The monoisotopic (exact) mass is 288 g/mol. The summed E-state index contributed by atoms with van der Waals surface area (Å²) < 4.78 is 37.5. The van der Waals surface area contributed by atoms with Crippen LogP contribution in [0.15, 0.2) is 30.3 Å². The first-order valence-electron chi connectivity index (χ1n) is 6.97. The van der Waals surface area contributed by atoms with Crippen LogP contribution in [0.25, 0.3) is 0 Å². The van der Waals surface area contributed by atoms with E-state index in [1.807, 2.05) is 44.3 Å². The van der Waals surface area contributed by atoms with Gasteiger partial charge >= 0.3 is 6.18 Å². The molecule has 0 saturated carbocycles. The molecule has 0 aliphatic carbocycles. The van der Waals surface area contributed by atoms with Crippen LogP contribution >= 0.6 is 0 Å². The van der Waals surface area contributed by atoms with E-state index in [2.05, 4.69) is 5.32 Å². The lowest BCUT2D eigenvalue weighted by Gasteiger charge is -2.25. The number of halogens is 3. The lowest BCUT2D eigenvalue weighted by atomic mass is 10.0. The zero-order valence-electron chi connectivity index (χ0n) is 12.1. The molecule has 5 heteroatoms. The Labute approximate surface area is 119 Å². The minimum absolute atomic E-state index is 0.0868. The molecule has 1 aromatic carbocycles. The van der Waals surface area contributed by atoms with Gasteiger partial charge in [-0.05, 0) is 32.0 Å². The summed E-state index contributed by atoms with van der Waals surface area (Å²) >= 11 is 0. The van der Waals surface area contributed by atoms with Gasteiger partial charge in [-0.25, -0.2) is 0 Å². The van der Waals surface area contributed by atoms with Crippen molar-refractivity contribution in [1.82, 2.24) is 10.2 Å². The van der Waals surface area contributed by atoms with Crippen molar-refractivity contribution < 1.29 is 13.2 Å². The van der Waals surface area contributed by atoms with Gasteiger partial charge in [0.2, 0.25) is 0 Å². The van der Waals surface area contributed by atoms with Gasteiger partial charge in [0.15, 0.2) is 0 Å². The standard InChI is InChI=1S/C15H23F3N2/c1-3-10-20(12-15(16,17)18)11-9-14(19-2)13-7-5-4-6-8-13/h4-8,14,19H,3,9-12H2,1-2H3. The first-order valence-corrected chi connectivity index (χ1v) is 6.97. The summed E-state index contributed by atoms with van der Waals surface area (Å²) in [6, 6.07) is 9.90. The maximum absolute atomic E-state index is 12.5. The van der Waals surface area contributed by atoms with Gasteiger partial charge in [0.25, 0.3) is 0 Å². The number of benzene rings is 1. The maximum Gasteiger partial charge on any atom is 0.401 e. The molecule has 0 radical (unpaired) electrons. The molecule has 0 fully saturated rings. The predicted octanol–water partition coefficient (Wildman–Crippen LogP) is 3.61. The number of alkyl halides is 3.